The smallest absolute Gasteiger partial charge is 0.144 e. The fourth-order valence-corrected chi connectivity index (χ4v) is 2.12. The second-order valence-corrected chi connectivity index (χ2v) is 4.80. The van der Waals surface area contributed by atoms with E-state index >= 15 is 0 Å². The Kier molecular flexibility index (Phi) is 5.01. The second-order valence-electron chi connectivity index (χ2n) is 4.80. The first-order valence-corrected chi connectivity index (χ1v) is 6.95. The summed E-state index contributed by atoms with van der Waals surface area (Å²) in [6, 6.07) is 8.02. The highest BCUT2D eigenvalue weighted by Crippen LogP contribution is 2.21. The number of hydrogen-bond acceptors (Lipinski definition) is 3. The number of unbranched alkanes of at least 4 members (excludes halogenated alkanes) is 2. The molecule has 1 aliphatic heterocycles. The number of rotatable bonds is 6. The van der Waals surface area contributed by atoms with Gasteiger partial charge in [-0.1, -0.05) is 31.9 Å². The molecule has 102 valence electrons. The minimum Gasteiger partial charge on any atom is -0.497 e. The standard InChI is InChI=1S/C16H22N2O/c1-3-4-5-6-13-11-17-16(18-12-13)14-7-9-15(19-2)10-8-14/h7-12,16-17H,3-6H2,1-2H3. The monoisotopic (exact) mass is 258 g/mol. The highest BCUT2D eigenvalue weighted by molar-refractivity contribution is 5.79. The molecular weight excluding hydrogens is 236 g/mol. The Labute approximate surface area is 115 Å². The van der Waals surface area contributed by atoms with E-state index in [-0.39, 0.29) is 6.17 Å². The molecule has 0 bridgehead atoms. The van der Waals surface area contributed by atoms with Crippen molar-refractivity contribution in [3.8, 4) is 5.75 Å². The summed E-state index contributed by atoms with van der Waals surface area (Å²) in [5, 5.41) is 3.35. The second kappa shape index (κ2) is 6.98. The van der Waals surface area contributed by atoms with Crippen LogP contribution in [0.15, 0.2) is 41.0 Å². The van der Waals surface area contributed by atoms with Gasteiger partial charge in [-0.2, -0.15) is 0 Å². The molecule has 3 nitrogen and oxygen atoms in total. The Morgan fingerprint density at radius 2 is 2.00 bits per heavy atom. The van der Waals surface area contributed by atoms with Crippen LogP contribution < -0.4 is 10.1 Å². The molecule has 0 aromatic heterocycles. The summed E-state index contributed by atoms with van der Waals surface area (Å²) in [4.78, 5) is 4.57. The Morgan fingerprint density at radius 1 is 1.21 bits per heavy atom. The van der Waals surface area contributed by atoms with Gasteiger partial charge in [-0.05, 0) is 36.1 Å². The van der Waals surface area contributed by atoms with E-state index in [4.69, 9.17) is 4.74 Å². The lowest BCUT2D eigenvalue weighted by Crippen LogP contribution is -2.18. The van der Waals surface area contributed by atoms with Crippen molar-refractivity contribution >= 4 is 6.21 Å². The molecule has 1 unspecified atom stereocenters. The van der Waals surface area contributed by atoms with E-state index in [1.807, 2.05) is 30.5 Å². The van der Waals surface area contributed by atoms with Gasteiger partial charge in [0, 0.05) is 12.4 Å². The van der Waals surface area contributed by atoms with Crippen molar-refractivity contribution in [3.05, 3.63) is 41.6 Å². The van der Waals surface area contributed by atoms with E-state index in [1.165, 1.54) is 24.8 Å². The zero-order chi connectivity index (χ0) is 13.5. The van der Waals surface area contributed by atoms with Crippen LogP contribution in [-0.4, -0.2) is 13.3 Å². The molecule has 1 heterocycles. The molecule has 0 fully saturated rings. The third-order valence-electron chi connectivity index (χ3n) is 3.32. The fourth-order valence-electron chi connectivity index (χ4n) is 2.12. The van der Waals surface area contributed by atoms with Crippen LogP contribution >= 0.6 is 0 Å². The minimum absolute atomic E-state index is 0.0285. The molecule has 1 aromatic rings. The first-order valence-electron chi connectivity index (χ1n) is 6.95. The molecule has 0 amide bonds. The molecule has 1 N–H and O–H groups in total. The highest BCUT2D eigenvalue weighted by Gasteiger charge is 2.11. The Hall–Kier alpha value is -1.77. The van der Waals surface area contributed by atoms with Crippen molar-refractivity contribution in [2.24, 2.45) is 4.99 Å². The summed E-state index contributed by atoms with van der Waals surface area (Å²) in [6.45, 7) is 2.22. The average Bonchev–Trinajstić information content (AvgIpc) is 2.48. The topological polar surface area (TPSA) is 33.6 Å². The highest BCUT2D eigenvalue weighted by atomic mass is 16.5. The predicted octanol–water partition coefficient (Wildman–Crippen LogP) is 3.83. The number of hydrogen-bond donors (Lipinski definition) is 1. The summed E-state index contributed by atoms with van der Waals surface area (Å²) < 4.78 is 5.16. The van der Waals surface area contributed by atoms with Crippen LogP contribution in [0.2, 0.25) is 0 Å². The van der Waals surface area contributed by atoms with Crippen LogP contribution in [0.4, 0.5) is 0 Å². The molecule has 1 aliphatic rings. The van der Waals surface area contributed by atoms with Gasteiger partial charge in [0.05, 0.1) is 7.11 Å². The Morgan fingerprint density at radius 3 is 2.58 bits per heavy atom. The zero-order valence-corrected chi connectivity index (χ0v) is 11.7. The third-order valence-corrected chi connectivity index (χ3v) is 3.32. The maximum atomic E-state index is 5.16. The number of allylic oxidation sites excluding steroid dienone is 1. The number of nitrogens with zero attached hydrogens (tertiary/aromatic N) is 1. The molecule has 0 saturated carbocycles. The predicted molar refractivity (Wildman–Crippen MR) is 79.6 cm³/mol. The Balaban J connectivity index is 1.90. The van der Waals surface area contributed by atoms with E-state index in [9.17, 15) is 0 Å². The molecule has 3 heteroatoms. The lowest BCUT2D eigenvalue weighted by atomic mass is 10.1. The van der Waals surface area contributed by atoms with Gasteiger partial charge < -0.3 is 10.1 Å². The van der Waals surface area contributed by atoms with Crippen molar-refractivity contribution in [3.63, 3.8) is 0 Å². The van der Waals surface area contributed by atoms with Crippen molar-refractivity contribution in [1.82, 2.24) is 5.32 Å². The first kappa shape index (κ1) is 13.7. The van der Waals surface area contributed by atoms with Crippen LogP contribution in [0, 0.1) is 0 Å². The summed E-state index contributed by atoms with van der Waals surface area (Å²) in [6.07, 6.45) is 9.02. The summed E-state index contributed by atoms with van der Waals surface area (Å²) in [5.74, 6) is 0.874. The van der Waals surface area contributed by atoms with Gasteiger partial charge in [0.2, 0.25) is 0 Å². The molecule has 2 rings (SSSR count). The number of benzene rings is 1. The Bertz CT molecular complexity index is 448. The van der Waals surface area contributed by atoms with Crippen molar-refractivity contribution in [1.29, 1.82) is 0 Å². The van der Waals surface area contributed by atoms with Gasteiger partial charge in [0.25, 0.3) is 0 Å². The van der Waals surface area contributed by atoms with Crippen LogP contribution in [0.5, 0.6) is 5.75 Å². The maximum Gasteiger partial charge on any atom is 0.144 e. The number of aliphatic imine (C=N–C) groups is 1. The van der Waals surface area contributed by atoms with E-state index in [0.717, 1.165) is 17.7 Å². The first-order chi connectivity index (χ1) is 9.33. The zero-order valence-electron chi connectivity index (χ0n) is 11.7. The van der Waals surface area contributed by atoms with Gasteiger partial charge in [-0.15, -0.1) is 0 Å². The van der Waals surface area contributed by atoms with E-state index < -0.39 is 0 Å². The van der Waals surface area contributed by atoms with Crippen LogP contribution in [0.3, 0.4) is 0 Å². The van der Waals surface area contributed by atoms with Crippen molar-refractivity contribution in [2.75, 3.05) is 7.11 Å². The van der Waals surface area contributed by atoms with Crippen molar-refractivity contribution < 1.29 is 4.74 Å². The molecule has 1 aromatic carbocycles. The third kappa shape index (κ3) is 3.85. The van der Waals surface area contributed by atoms with E-state index in [2.05, 4.69) is 23.4 Å². The summed E-state index contributed by atoms with van der Waals surface area (Å²) >= 11 is 0. The molecule has 0 aliphatic carbocycles. The number of ether oxygens (including phenoxy) is 1. The quantitative estimate of drug-likeness (QED) is 0.787. The van der Waals surface area contributed by atoms with Gasteiger partial charge >= 0.3 is 0 Å². The summed E-state index contributed by atoms with van der Waals surface area (Å²) in [7, 11) is 1.68. The molecule has 0 spiro atoms. The lowest BCUT2D eigenvalue weighted by molar-refractivity contribution is 0.414. The fraction of sp³-hybridized carbons (Fsp3) is 0.438. The van der Waals surface area contributed by atoms with Gasteiger partial charge in [0.15, 0.2) is 0 Å². The molecular formula is C16H22N2O. The number of methoxy groups -OCH3 is 1. The van der Waals surface area contributed by atoms with E-state index in [1.54, 1.807) is 7.11 Å². The lowest BCUT2D eigenvalue weighted by Gasteiger charge is -2.18. The van der Waals surface area contributed by atoms with E-state index in [0.29, 0.717) is 0 Å². The van der Waals surface area contributed by atoms with Crippen LogP contribution in [0.25, 0.3) is 0 Å². The minimum atomic E-state index is 0.0285. The van der Waals surface area contributed by atoms with Gasteiger partial charge in [0.1, 0.15) is 11.9 Å². The normalized spacial score (nSPS) is 17.8. The van der Waals surface area contributed by atoms with Crippen molar-refractivity contribution in [2.45, 2.75) is 38.8 Å². The molecule has 0 radical (unpaired) electrons. The molecule has 1 atom stereocenters. The summed E-state index contributed by atoms with van der Waals surface area (Å²) in [5.41, 5.74) is 2.44. The average molecular weight is 258 g/mol. The van der Waals surface area contributed by atoms with Crippen LogP contribution in [-0.2, 0) is 0 Å². The SMILES string of the molecule is CCCCCC1=CNC(c2ccc(OC)cc2)N=C1. The maximum absolute atomic E-state index is 5.16. The molecule has 19 heavy (non-hydrogen) atoms. The largest absolute Gasteiger partial charge is 0.497 e. The van der Waals surface area contributed by atoms with Gasteiger partial charge in [-0.25, -0.2) is 0 Å². The van der Waals surface area contributed by atoms with Gasteiger partial charge in [-0.3, -0.25) is 4.99 Å². The molecule has 0 saturated heterocycles. The van der Waals surface area contributed by atoms with Crippen LogP contribution in [0.1, 0.15) is 44.3 Å². The number of nitrogens with one attached hydrogen (secondary N) is 1.